The van der Waals surface area contributed by atoms with Gasteiger partial charge in [0.2, 0.25) is 5.95 Å². The zero-order valence-corrected chi connectivity index (χ0v) is 9.60. The van der Waals surface area contributed by atoms with Gasteiger partial charge in [-0.1, -0.05) is 18.2 Å². The number of benzene rings is 1. The Morgan fingerprint density at radius 1 is 1.35 bits per heavy atom. The summed E-state index contributed by atoms with van der Waals surface area (Å²) in [7, 11) is 0. The van der Waals surface area contributed by atoms with Crippen LogP contribution in [0.3, 0.4) is 0 Å². The predicted octanol–water partition coefficient (Wildman–Crippen LogP) is 1.77. The highest BCUT2D eigenvalue weighted by atomic mass is 16.1. The lowest BCUT2D eigenvalue weighted by molar-refractivity contribution is 0.919. The van der Waals surface area contributed by atoms with Crippen molar-refractivity contribution in [2.75, 3.05) is 11.4 Å². The Kier molecular flexibility index (Phi) is 2.21. The molecule has 1 aromatic heterocycles. The summed E-state index contributed by atoms with van der Waals surface area (Å²) in [6.07, 6.45) is 0.994. The molecule has 1 aliphatic heterocycles. The molecule has 1 aliphatic rings. The minimum Gasteiger partial charge on any atom is -0.311 e. The van der Waals surface area contributed by atoms with Crippen LogP contribution in [-0.4, -0.2) is 16.5 Å². The van der Waals surface area contributed by atoms with Gasteiger partial charge in [-0.3, -0.25) is 9.78 Å². The third kappa shape index (κ3) is 1.71. The average Bonchev–Trinajstić information content (AvgIpc) is 2.71. The van der Waals surface area contributed by atoms with Gasteiger partial charge in [0.25, 0.3) is 5.56 Å². The first-order valence-electron chi connectivity index (χ1n) is 5.67. The lowest BCUT2D eigenvalue weighted by atomic mass is 10.2. The van der Waals surface area contributed by atoms with Crippen LogP contribution in [0.15, 0.2) is 35.1 Å². The molecule has 4 heteroatoms. The van der Waals surface area contributed by atoms with E-state index < -0.39 is 0 Å². The maximum Gasteiger partial charge on any atom is 0.252 e. The molecule has 0 saturated heterocycles. The largest absolute Gasteiger partial charge is 0.311 e. The van der Waals surface area contributed by atoms with E-state index in [1.165, 1.54) is 11.6 Å². The monoisotopic (exact) mass is 227 g/mol. The molecule has 17 heavy (non-hydrogen) atoms. The minimum absolute atomic E-state index is 0.100. The van der Waals surface area contributed by atoms with E-state index in [0.29, 0.717) is 5.95 Å². The first-order valence-corrected chi connectivity index (χ1v) is 5.67. The Morgan fingerprint density at radius 2 is 2.18 bits per heavy atom. The van der Waals surface area contributed by atoms with E-state index >= 15 is 0 Å². The fraction of sp³-hybridized carbons (Fsp3) is 0.231. The fourth-order valence-electron chi connectivity index (χ4n) is 2.25. The highest BCUT2D eigenvalue weighted by Crippen LogP contribution is 2.31. The number of aromatic nitrogens is 2. The number of aryl methyl sites for hydroxylation is 1. The third-order valence-electron chi connectivity index (χ3n) is 3.00. The highest BCUT2D eigenvalue weighted by Gasteiger charge is 2.21. The molecule has 1 aromatic carbocycles. The Hall–Kier alpha value is -2.10. The van der Waals surface area contributed by atoms with E-state index in [-0.39, 0.29) is 5.56 Å². The molecule has 0 unspecified atom stereocenters. The fourth-order valence-corrected chi connectivity index (χ4v) is 2.25. The molecule has 0 amide bonds. The summed E-state index contributed by atoms with van der Waals surface area (Å²) in [5, 5.41) is 0. The molecular weight excluding hydrogens is 214 g/mol. The number of fused-ring (bicyclic) bond motifs is 1. The van der Waals surface area contributed by atoms with Crippen LogP contribution in [-0.2, 0) is 6.42 Å². The Morgan fingerprint density at radius 3 is 3.00 bits per heavy atom. The SMILES string of the molecule is Cc1cc(=O)[nH]c(N2CCc3ccccc32)n1. The standard InChI is InChI=1S/C13H13N3O/c1-9-8-12(17)15-13(14-9)16-7-6-10-4-2-3-5-11(10)16/h2-5,8H,6-7H2,1H3,(H,14,15,17). The van der Waals surface area contributed by atoms with Gasteiger partial charge in [0.1, 0.15) is 0 Å². The molecular formula is C13H13N3O. The quantitative estimate of drug-likeness (QED) is 0.807. The zero-order chi connectivity index (χ0) is 11.8. The summed E-state index contributed by atoms with van der Waals surface area (Å²) in [4.78, 5) is 20.7. The molecule has 0 spiro atoms. The second-order valence-electron chi connectivity index (χ2n) is 4.24. The van der Waals surface area contributed by atoms with E-state index in [2.05, 4.69) is 27.0 Å². The van der Waals surface area contributed by atoms with E-state index in [9.17, 15) is 4.79 Å². The molecule has 2 aromatic rings. The highest BCUT2D eigenvalue weighted by molar-refractivity contribution is 5.65. The molecule has 4 nitrogen and oxygen atoms in total. The van der Waals surface area contributed by atoms with Crippen LogP contribution in [0.4, 0.5) is 11.6 Å². The van der Waals surface area contributed by atoms with Gasteiger partial charge < -0.3 is 4.90 Å². The average molecular weight is 227 g/mol. The van der Waals surface area contributed by atoms with E-state index in [0.717, 1.165) is 24.3 Å². The van der Waals surface area contributed by atoms with Crippen LogP contribution in [0.2, 0.25) is 0 Å². The van der Waals surface area contributed by atoms with Gasteiger partial charge in [-0.15, -0.1) is 0 Å². The number of nitrogens with zero attached hydrogens (tertiary/aromatic N) is 2. The molecule has 86 valence electrons. The van der Waals surface area contributed by atoms with Crippen molar-refractivity contribution in [3.05, 3.63) is 51.9 Å². The zero-order valence-electron chi connectivity index (χ0n) is 9.60. The van der Waals surface area contributed by atoms with Crippen molar-refractivity contribution in [3.8, 4) is 0 Å². The summed E-state index contributed by atoms with van der Waals surface area (Å²) in [5.74, 6) is 0.639. The second kappa shape index (κ2) is 3.73. The van der Waals surface area contributed by atoms with Gasteiger partial charge in [-0.05, 0) is 25.0 Å². The minimum atomic E-state index is -0.100. The van der Waals surface area contributed by atoms with Crippen LogP contribution in [0.1, 0.15) is 11.3 Å². The molecule has 0 bridgehead atoms. The Labute approximate surface area is 98.9 Å². The van der Waals surface area contributed by atoms with Gasteiger partial charge in [-0.25, -0.2) is 4.98 Å². The number of hydrogen-bond donors (Lipinski definition) is 1. The maximum absolute atomic E-state index is 11.5. The van der Waals surface area contributed by atoms with Crippen molar-refractivity contribution in [1.82, 2.24) is 9.97 Å². The molecule has 0 saturated carbocycles. The van der Waals surface area contributed by atoms with Crippen LogP contribution >= 0.6 is 0 Å². The third-order valence-corrected chi connectivity index (χ3v) is 3.00. The number of anilines is 2. The molecule has 3 rings (SSSR count). The first-order chi connectivity index (χ1) is 8.24. The molecule has 0 atom stereocenters. The number of hydrogen-bond acceptors (Lipinski definition) is 3. The topological polar surface area (TPSA) is 49.0 Å². The van der Waals surface area contributed by atoms with Crippen molar-refractivity contribution in [2.24, 2.45) is 0 Å². The van der Waals surface area contributed by atoms with Crippen molar-refractivity contribution in [3.63, 3.8) is 0 Å². The van der Waals surface area contributed by atoms with Gasteiger partial charge in [0, 0.05) is 24.0 Å². The molecule has 0 radical (unpaired) electrons. The maximum atomic E-state index is 11.5. The van der Waals surface area contributed by atoms with Crippen molar-refractivity contribution < 1.29 is 0 Å². The lowest BCUT2D eigenvalue weighted by Gasteiger charge is -2.17. The molecule has 0 fully saturated rings. The number of H-pyrrole nitrogens is 1. The van der Waals surface area contributed by atoms with Crippen molar-refractivity contribution in [2.45, 2.75) is 13.3 Å². The van der Waals surface area contributed by atoms with Crippen molar-refractivity contribution >= 4 is 11.6 Å². The summed E-state index contributed by atoms with van der Waals surface area (Å²) >= 11 is 0. The predicted molar refractivity (Wildman–Crippen MR) is 66.7 cm³/mol. The molecule has 0 aliphatic carbocycles. The summed E-state index contributed by atoms with van der Waals surface area (Å²) in [6, 6.07) is 9.72. The second-order valence-corrected chi connectivity index (χ2v) is 4.24. The van der Waals surface area contributed by atoms with Crippen LogP contribution in [0.25, 0.3) is 0 Å². The van der Waals surface area contributed by atoms with Gasteiger partial charge >= 0.3 is 0 Å². The van der Waals surface area contributed by atoms with Gasteiger partial charge in [0.15, 0.2) is 0 Å². The number of nitrogens with one attached hydrogen (secondary N) is 1. The van der Waals surface area contributed by atoms with E-state index in [1.54, 1.807) is 0 Å². The van der Waals surface area contributed by atoms with Gasteiger partial charge in [0.05, 0.1) is 0 Å². The number of rotatable bonds is 1. The lowest BCUT2D eigenvalue weighted by Crippen LogP contribution is -2.20. The normalized spacial score (nSPS) is 13.8. The number of aromatic amines is 1. The molecule has 1 N–H and O–H groups in total. The van der Waals surface area contributed by atoms with E-state index in [4.69, 9.17) is 0 Å². The van der Waals surface area contributed by atoms with Crippen LogP contribution < -0.4 is 10.5 Å². The summed E-state index contributed by atoms with van der Waals surface area (Å²) < 4.78 is 0. The van der Waals surface area contributed by atoms with Crippen molar-refractivity contribution in [1.29, 1.82) is 0 Å². The summed E-state index contributed by atoms with van der Waals surface area (Å²) in [5.41, 5.74) is 3.09. The Balaban J connectivity index is 2.10. The van der Waals surface area contributed by atoms with Gasteiger partial charge in [-0.2, -0.15) is 0 Å². The van der Waals surface area contributed by atoms with Crippen LogP contribution in [0.5, 0.6) is 0 Å². The Bertz CT molecular complexity index is 618. The van der Waals surface area contributed by atoms with E-state index in [1.807, 2.05) is 19.1 Å². The molecule has 2 heterocycles. The van der Waals surface area contributed by atoms with Crippen LogP contribution in [0, 0.1) is 6.92 Å². The first kappa shape index (κ1) is 10.1. The smallest absolute Gasteiger partial charge is 0.252 e. The number of para-hydroxylation sites is 1. The summed E-state index contributed by atoms with van der Waals surface area (Å²) in [6.45, 7) is 2.70.